The van der Waals surface area contributed by atoms with E-state index in [1.165, 1.54) is 0 Å². The Morgan fingerprint density at radius 2 is 1.80 bits per heavy atom. The second-order valence-corrected chi connectivity index (χ2v) is 3.27. The minimum Gasteiger partial charge on any atom is -0.279 e. The molecular formula is C14H10O. The molecule has 72 valence electrons. The van der Waals surface area contributed by atoms with E-state index in [1.54, 1.807) is 6.92 Å². The lowest BCUT2D eigenvalue weighted by Crippen LogP contribution is -1.94. The summed E-state index contributed by atoms with van der Waals surface area (Å²) in [6.07, 6.45) is 0. The van der Waals surface area contributed by atoms with Gasteiger partial charge in [0.15, 0.2) is 0 Å². The molecule has 0 fully saturated rings. The van der Waals surface area contributed by atoms with Crippen molar-refractivity contribution in [3.8, 4) is 11.8 Å². The van der Waals surface area contributed by atoms with Crippen LogP contribution in [0.1, 0.15) is 17.3 Å². The SMILES string of the molecule is CC#CC(=O)c1ccc2ccccc2c1. The van der Waals surface area contributed by atoms with Gasteiger partial charge in [-0.05, 0) is 35.7 Å². The lowest BCUT2D eigenvalue weighted by molar-refractivity contribution is 0.105. The summed E-state index contributed by atoms with van der Waals surface area (Å²) in [6.45, 7) is 1.67. The third-order valence-corrected chi connectivity index (χ3v) is 2.25. The molecule has 2 aromatic rings. The molecular weight excluding hydrogens is 184 g/mol. The normalized spacial score (nSPS) is 9.40. The molecule has 0 saturated heterocycles. The molecule has 0 aromatic heterocycles. The Morgan fingerprint density at radius 3 is 2.53 bits per heavy atom. The standard InChI is InChI=1S/C14H10O/c1-2-5-14(15)13-9-8-11-6-3-4-7-12(11)10-13/h3-4,6-10H,1H3. The average molecular weight is 194 g/mol. The van der Waals surface area contributed by atoms with Crippen LogP contribution in [-0.4, -0.2) is 5.78 Å². The highest BCUT2D eigenvalue weighted by molar-refractivity contribution is 6.10. The summed E-state index contributed by atoms with van der Waals surface area (Å²) in [5.74, 6) is 5.03. The fraction of sp³-hybridized carbons (Fsp3) is 0.0714. The third kappa shape index (κ3) is 1.89. The highest BCUT2D eigenvalue weighted by Crippen LogP contribution is 2.15. The Morgan fingerprint density at radius 1 is 1.07 bits per heavy atom. The first-order chi connectivity index (χ1) is 7.31. The molecule has 0 N–H and O–H groups in total. The summed E-state index contributed by atoms with van der Waals surface area (Å²) in [6, 6.07) is 13.6. The van der Waals surface area contributed by atoms with Crippen LogP contribution in [0.4, 0.5) is 0 Å². The lowest BCUT2D eigenvalue weighted by Gasteiger charge is -1.98. The largest absolute Gasteiger partial charge is 0.279 e. The zero-order valence-electron chi connectivity index (χ0n) is 8.45. The molecule has 1 heteroatoms. The van der Waals surface area contributed by atoms with Crippen molar-refractivity contribution in [3.05, 3.63) is 48.0 Å². The summed E-state index contributed by atoms with van der Waals surface area (Å²) in [5, 5.41) is 2.21. The highest BCUT2D eigenvalue weighted by atomic mass is 16.1. The molecule has 0 radical (unpaired) electrons. The monoisotopic (exact) mass is 194 g/mol. The molecule has 0 atom stereocenters. The van der Waals surface area contributed by atoms with Crippen LogP contribution in [0.25, 0.3) is 10.8 Å². The van der Waals surface area contributed by atoms with Gasteiger partial charge in [0, 0.05) is 5.56 Å². The van der Waals surface area contributed by atoms with Gasteiger partial charge in [0.1, 0.15) is 0 Å². The number of carbonyl (C=O) groups is 1. The van der Waals surface area contributed by atoms with Crippen LogP contribution in [0.15, 0.2) is 42.5 Å². The maximum Gasteiger partial charge on any atom is 0.235 e. The number of ketones is 1. The number of benzene rings is 2. The molecule has 0 unspecified atom stereocenters. The van der Waals surface area contributed by atoms with Crippen molar-refractivity contribution in [1.82, 2.24) is 0 Å². The molecule has 0 amide bonds. The first-order valence-electron chi connectivity index (χ1n) is 4.77. The van der Waals surface area contributed by atoms with Gasteiger partial charge >= 0.3 is 0 Å². The number of fused-ring (bicyclic) bond motifs is 1. The molecule has 0 aliphatic heterocycles. The lowest BCUT2D eigenvalue weighted by atomic mass is 10.0. The fourth-order valence-corrected chi connectivity index (χ4v) is 1.52. The predicted molar refractivity (Wildman–Crippen MR) is 61.7 cm³/mol. The van der Waals surface area contributed by atoms with Crippen LogP contribution in [0, 0.1) is 11.8 Å². The molecule has 0 saturated carbocycles. The summed E-state index contributed by atoms with van der Waals surface area (Å²) in [7, 11) is 0. The summed E-state index contributed by atoms with van der Waals surface area (Å²) >= 11 is 0. The molecule has 0 aliphatic carbocycles. The molecule has 0 heterocycles. The van der Waals surface area contributed by atoms with E-state index in [9.17, 15) is 4.79 Å². The van der Waals surface area contributed by atoms with Crippen molar-refractivity contribution in [2.24, 2.45) is 0 Å². The van der Waals surface area contributed by atoms with Crippen molar-refractivity contribution in [1.29, 1.82) is 0 Å². The summed E-state index contributed by atoms with van der Waals surface area (Å²) < 4.78 is 0. The van der Waals surface area contributed by atoms with Gasteiger partial charge in [-0.2, -0.15) is 0 Å². The van der Waals surface area contributed by atoms with Crippen LogP contribution < -0.4 is 0 Å². The topological polar surface area (TPSA) is 17.1 Å². The highest BCUT2D eigenvalue weighted by Gasteiger charge is 2.02. The second-order valence-electron chi connectivity index (χ2n) is 3.27. The maximum atomic E-state index is 11.5. The van der Waals surface area contributed by atoms with Crippen molar-refractivity contribution in [2.75, 3.05) is 0 Å². The van der Waals surface area contributed by atoms with Crippen LogP contribution in [-0.2, 0) is 0 Å². The molecule has 15 heavy (non-hydrogen) atoms. The molecule has 2 rings (SSSR count). The maximum absolute atomic E-state index is 11.5. The van der Waals surface area contributed by atoms with Gasteiger partial charge in [0.25, 0.3) is 0 Å². The Bertz CT molecular complexity index is 570. The van der Waals surface area contributed by atoms with Gasteiger partial charge in [-0.1, -0.05) is 36.3 Å². The summed E-state index contributed by atoms with van der Waals surface area (Å²) in [4.78, 5) is 11.5. The van der Waals surface area contributed by atoms with Crippen molar-refractivity contribution in [2.45, 2.75) is 6.92 Å². The average Bonchev–Trinajstić information content (AvgIpc) is 2.29. The van der Waals surface area contributed by atoms with E-state index in [0.717, 1.165) is 10.8 Å². The Labute approximate surface area is 88.7 Å². The number of hydrogen-bond donors (Lipinski definition) is 0. The molecule has 0 spiro atoms. The van der Waals surface area contributed by atoms with Gasteiger partial charge in [0.2, 0.25) is 5.78 Å². The van der Waals surface area contributed by atoms with Crippen molar-refractivity contribution >= 4 is 16.6 Å². The molecule has 0 bridgehead atoms. The number of hydrogen-bond acceptors (Lipinski definition) is 1. The molecule has 0 aliphatic rings. The predicted octanol–water partition coefficient (Wildman–Crippen LogP) is 3.05. The van der Waals surface area contributed by atoms with Crippen molar-refractivity contribution < 1.29 is 4.79 Å². The van der Waals surface area contributed by atoms with E-state index in [4.69, 9.17) is 0 Å². The van der Waals surface area contributed by atoms with Crippen LogP contribution in [0.5, 0.6) is 0 Å². The Balaban J connectivity index is 2.54. The third-order valence-electron chi connectivity index (χ3n) is 2.25. The quantitative estimate of drug-likeness (QED) is 0.387. The van der Waals surface area contributed by atoms with Gasteiger partial charge in [-0.3, -0.25) is 4.79 Å². The number of carbonyl (C=O) groups excluding carboxylic acids is 1. The van der Waals surface area contributed by atoms with Crippen LogP contribution in [0.2, 0.25) is 0 Å². The number of rotatable bonds is 1. The van der Waals surface area contributed by atoms with Crippen LogP contribution >= 0.6 is 0 Å². The van der Waals surface area contributed by atoms with Crippen molar-refractivity contribution in [3.63, 3.8) is 0 Å². The minimum atomic E-state index is -0.122. The van der Waals surface area contributed by atoms with E-state index >= 15 is 0 Å². The van der Waals surface area contributed by atoms with Gasteiger partial charge in [-0.15, -0.1) is 0 Å². The second kappa shape index (κ2) is 3.98. The van der Waals surface area contributed by atoms with E-state index < -0.39 is 0 Å². The first-order valence-corrected chi connectivity index (χ1v) is 4.77. The zero-order chi connectivity index (χ0) is 10.7. The van der Waals surface area contributed by atoms with E-state index in [1.807, 2.05) is 42.5 Å². The zero-order valence-corrected chi connectivity index (χ0v) is 8.45. The smallest absolute Gasteiger partial charge is 0.235 e. The van der Waals surface area contributed by atoms with E-state index in [0.29, 0.717) is 5.56 Å². The fourth-order valence-electron chi connectivity index (χ4n) is 1.52. The van der Waals surface area contributed by atoms with Gasteiger partial charge in [0.05, 0.1) is 0 Å². The number of Topliss-reactive ketones (excluding diaryl/α,β-unsaturated/α-hetero) is 1. The summed E-state index contributed by atoms with van der Waals surface area (Å²) in [5.41, 5.74) is 0.656. The van der Waals surface area contributed by atoms with E-state index in [2.05, 4.69) is 11.8 Å². The van der Waals surface area contributed by atoms with Crippen LogP contribution in [0.3, 0.4) is 0 Å². The van der Waals surface area contributed by atoms with Gasteiger partial charge in [-0.25, -0.2) is 0 Å². The first kappa shape index (κ1) is 9.48. The molecule has 1 nitrogen and oxygen atoms in total. The minimum absolute atomic E-state index is 0.122. The Hall–Kier alpha value is -2.07. The van der Waals surface area contributed by atoms with E-state index in [-0.39, 0.29) is 5.78 Å². The Kier molecular flexibility index (Phi) is 2.51. The van der Waals surface area contributed by atoms with Gasteiger partial charge < -0.3 is 0 Å². The molecule has 2 aromatic carbocycles.